The lowest BCUT2D eigenvalue weighted by atomic mass is 10.1. The second-order valence-corrected chi connectivity index (χ2v) is 14.9. The third kappa shape index (κ3) is 8.98. The molecule has 14 nitrogen and oxygen atoms in total. The summed E-state index contributed by atoms with van der Waals surface area (Å²) < 4.78 is 44.1. The van der Waals surface area contributed by atoms with E-state index in [-0.39, 0.29) is 19.1 Å². The topological polar surface area (TPSA) is 187 Å². The van der Waals surface area contributed by atoms with E-state index in [4.69, 9.17) is 33.7 Å². The number of rotatable bonds is 7. The molecule has 0 saturated heterocycles. The number of hydrogen-bond donors (Lipinski definition) is 2. The lowest BCUT2D eigenvalue weighted by molar-refractivity contribution is 0.0699. The van der Waals surface area contributed by atoms with Gasteiger partial charge in [-0.2, -0.15) is 0 Å². The van der Waals surface area contributed by atoms with Gasteiger partial charge in [0.2, 0.25) is 13.6 Å². The Morgan fingerprint density at radius 2 is 1.10 bits per heavy atom. The van der Waals surface area contributed by atoms with Crippen LogP contribution in [0.4, 0.5) is 5.69 Å². The van der Waals surface area contributed by atoms with Crippen LogP contribution in [0.3, 0.4) is 0 Å². The number of fused-ring (bicyclic) bond motifs is 4. The van der Waals surface area contributed by atoms with Gasteiger partial charge in [0, 0.05) is 52.4 Å². The maximum Gasteiger partial charge on any atom is 0.427 e. The van der Waals surface area contributed by atoms with Crippen LogP contribution in [0.25, 0.3) is 44.3 Å². The number of ether oxygens (including phenoxy) is 4. The third-order valence-corrected chi connectivity index (χ3v) is 9.93. The number of pyridine rings is 4. The van der Waals surface area contributed by atoms with Crippen molar-refractivity contribution >= 4 is 41.1 Å². The highest BCUT2D eigenvalue weighted by Crippen LogP contribution is 2.44. The van der Waals surface area contributed by atoms with Crippen LogP contribution < -0.4 is 33.7 Å². The van der Waals surface area contributed by atoms with Gasteiger partial charge in [0.05, 0.1) is 34.6 Å². The average Bonchev–Trinajstić information content (AvgIpc) is 3.94. The minimum Gasteiger partial charge on any atom is -0.478 e. The van der Waals surface area contributed by atoms with Gasteiger partial charge in [-0.25, -0.2) is 19.3 Å². The van der Waals surface area contributed by atoms with E-state index in [0.29, 0.717) is 45.3 Å². The summed E-state index contributed by atoms with van der Waals surface area (Å²) in [5, 5.41) is 10.8. The standard InChI is InChI=1S/C16H10N2O4.C15H11N3O2.C13H13O3P/c19-16(20)10-6-13(18-12-3-4-17-7-11(10)12)9-1-2-14-15(5-9)22-8-21-14;16-11-6-13(18-12-3-4-17-7-10(11)12)9-1-2-14-15(5-9)20-8-19-14;1-17(14,15-12-8-4-2-5-9-12)16-13-10-6-3-7-11-13/h1-7H,8H2,(H,19,20);1-7H,8H2,(H2,16,18);2-11H,1H3. The summed E-state index contributed by atoms with van der Waals surface area (Å²) in [5.74, 6) is 2.86. The van der Waals surface area contributed by atoms with Crippen molar-refractivity contribution < 1.29 is 42.5 Å². The maximum atomic E-state index is 12.1. The minimum absolute atomic E-state index is 0.172. The summed E-state index contributed by atoms with van der Waals surface area (Å²) in [6.45, 7) is 1.90. The van der Waals surface area contributed by atoms with E-state index in [1.54, 1.807) is 67.1 Å². The molecule has 3 N–H and O–H groups in total. The first-order chi connectivity index (χ1) is 28.7. The lowest BCUT2D eigenvalue weighted by Gasteiger charge is -2.15. The average molecular weight is 808 g/mol. The van der Waals surface area contributed by atoms with E-state index in [1.165, 1.54) is 12.9 Å². The lowest BCUT2D eigenvalue weighted by Crippen LogP contribution is -2.00. The second-order valence-electron chi connectivity index (χ2n) is 13.0. The van der Waals surface area contributed by atoms with Crippen molar-refractivity contribution in [2.75, 3.05) is 26.0 Å². The van der Waals surface area contributed by atoms with E-state index in [1.807, 2.05) is 72.8 Å². The summed E-state index contributed by atoms with van der Waals surface area (Å²) >= 11 is 0. The molecule has 0 aliphatic carbocycles. The first kappa shape index (κ1) is 38.2. The molecule has 0 radical (unpaired) electrons. The van der Waals surface area contributed by atoms with Crippen molar-refractivity contribution in [3.8, 4) is 57.0 Å². The van der Waals surface area contributed by atoms with Crippen LogP contribution in [0.15, 0.2) is 146 Å². The Morgan fingerprint density at radius 1 is 0.627 bits per heavy atom. The molecule has 10 rings (SSSR count). The Balaban J connectivity index is 0.000000124. The number of nitrogens with zero attached hydrogens (tertiary/aromatic N) is 4. The number of nitrogen functional groups attached to an aromatic ring is 1. The van der Waals surface area contributed by atoms with Gasteiger partial charge in [0.1, 0.15) is 11.5 Å². The van der Waals surface area contributed by atoms with Crippen LogP contribution >= 0.6 is 7.60 Å². The van der Waals surface area contributed by atoms with Crippen LogP contribution in [-0.4, -0.2) is 51.3 Å². The Bertz CT molecular complexity index is 2800. The van der Waals surface area contributed by atoms with Gasteiger partial charge in [-0.05, 0) is 84.9 Å². The van der Waals surface area contributed by atoms with Gasteiger partial charge in [-0.1, -0.05) is 36.4 Å². The van der Waals surface area contributed by atoms with Crippen molar-refractivity contribution in [1.29, 1.82) is 0 Å². The van der Waals surface area contributed by atoms with E-state index in [2.05, 4.69) is 19.9 Å². The van der Waals surface area contributed by atoms with Crippen LogP contribution in [-0.2, 0) is 4.57 Å². The van der Waals surface area contributed by atoms with Crippen molar-refractivity contribution in [3.05, 3.63) is 152 Å². The zero-order chi connectivity index (χ0) is 40.8. The van der Waals surface area contributed by atoms with E-state index in [9.17, 15) is 14.5 Å². The van der Waals surface area contributed by atoms with Crippen LogP contribution in [0.1, 0.15) is 10.4 Å². The molecule has 4 aromatic heterocycles. The fourth-order valence-corrected chi connectivity index (χ4v) is 7.16. The number of carbonyl (C=O) groups is 1. The molecular weight excluding hydrogens is 773 g/mol. The van der Waals surface area contributed by atoms with Gasteiger partial charge in [0.25, 0.3) is 0 Å². The van der Waals surface area contributed by atoms with Crippen LogP contribution in [0.5, 0.6) is 34.5 Å². The molecule has 0 spiro atoms. The fourth-order valence-electron chi connectivity index (χ4n) is 6.11. The highest BCUT2D eigenvalue weighted by atomic mass is 31.2. The number of nitrogens with two attached hydrogens (primary N) is 1. The number of carboxylic acid groups (broad SMARTS) is 1. The molecule has 8 aromatic rings. The van der Waals surface area contributed by atoms with E-state index < -0.39 is 13.6 Å². The fraction of sp³-hybridized carbons (Fsp3) is 0.0682. The third-order valence-electron chi connectivity index (χ3n) is 8.85. The molecule has 0 fully saturated rings. The molecule has 294 valence electrons. The molecular formula is C44H34N5O9P. The van der Waals surface area contributed by atoms with Gasteiger partial charge < -0.3 is 38.8 Å². The van der Waals surface area contributed by atoms with Crippen molar-refractivity contribution in [2.45, 2.75) is 0 Å². The number of benzene rings is 4. The summed E-state index contributed by atoms with van der Waals surface area (Å²) in [4.78, 5) is 28.6. The molecule has 15 heteroatoms. The van der Waals surface area contributed by atoms with Crippen molar-refractivity contribution in [3.63, 3.8) is 0 Å². The van der Waals surface area contributed by atoms with E-state index in [0.717, 1.165) is 39.2 Å². The zero-order valence-corrected chi connectivity index (χ0v) is 32.2. The molecule has 0 saturated carbocycles. The number of aromatic nitrogens is 4. The summed E-state index contributed by atoms with van der Waals surface area (Å²) in [6.07, 6.45) is 6.53. The Hall–Kier alpha value is -7.70. The summed E-state index contributed by atoms with van der Waals surface area (Å²) in [6, 6.07) is 36.1. The number of para-hydroxylation sites is 2. The smallest absolute Gasteiger partial charge is 0.427 e. The normalized spacial score (nSPS) is 12.2. The van der Waals surface area contributed by atoms with Gasteiger partial charge in [0.15, 0.2) is 23.0 Å². The minimum atomic E-state index is -3.14. The predicted octanol–water partition coefficient (Wildman–Crippen LogP) is 9.30. The Kier molecular flexibility index (Phi) is 10.9. The molecule has 6 heterocycles. The maximum absolute atomic E-state index is 12.1. The first-order valence-electron chi connectivity index (χ1n) is 18.0. The molecule has 59 heavy (non-hydrogen) atoms. The monoisotopic (exact) mass is 807 g/mol. The molecule has 2 aliphatic rings. The molecule has 0 amide bonds. The Labute approximate surface area is 337 Å². The van der Waals surface area contributed by atoms with Crippen molar-refractivity contribution in [2.24, 2.45) is 0 Å². The molecule has 4 aromatic carbocycles. The largest absolute Gasteiger partial charge is 0.478 e. The van der Waals surface area contributed by atoms with Gasteiger partial charge in [-0.3, -0.25) is 9.97 Å². The van der Waals surface area contributed by atoms with E-state index >= 15 is 0 Å². The number of aromatic carboxylic acids is 1. The number of carboxylic acids is 1. The highest BCUT2D eigenvalue weighted by Gasteiger charge is 2.21. The quantitative estimate of drug-likeness (QED) is 0.145. The predicted molar refractivity (Wildman–Crippen MR) is 221 cm³/mol. The zero-order valence-electron chi connectivity index (χ0n) is 31.3. The summed E-state index contributed by atoms with van der Waals surface area (Å²) in [7, 11) is -3.14. The SMILES string of the molecule is CP(=O)(Oc1ccccc1)Oc1ccccc1.Nc1cc(-c2ccc3c(c2)OCO3)nc2ccncc12.O=C(O)c1cc(-c2ccc3c(c2)OCO3)nc2ccncc12. The number of anilines is 1. The Morgan fingerprint density at radius 3 is 1.63 bits per heavy atom. The first-order valence-corrected chi connectivity index (χ1v) is 20.0. The van der Waals surface area contributed by atoms with Crippen LogP contribution in [0, 0.1) is 0 Å². The molecule has 0 atom stereocenters. The molecule has 2 aliphatic heterocycles. The highest BCUT2D eigenvalue weighted by molar-refractivity contribution is 7.53. The summed E-state index contributed by atoms with van der Waals surface area (Å²) in [5.41, 5.74) is 11.4. The number of hydrogen-bond acceptors (Lipinski definition) is 13. The second kappa shape index (κ2) is 16.8. The molecule has 0 bridgehead atoms. The van der Waals surface area contributed by atoms with Crippen molar-refractivity contribution in [1.82, 2.24) is 19.9 Å². The van der Waals surface area contributed by atoms with Gasteiger partial charge in [-0.15, -0.1) is 0 Å². The van der Waals surface area contributed by atoms with Gasteiger partial charge >= 0.3 is 13.6 Å². The molecule has 0 unspecified atom stereocenters. The van der Waals surface area contributed by atoms with Crippen LogP contribution in [0.2, 0.25) is 0 Å².